The lowest BCUT2D eigenvalue weighted by Gasteiger charge is -2.20. The van der Waals surface area contributed by atoms with E-state index >= 15 is 0 Å². The molecule has 0 saturated carbocycles. The van der Waals surface area contributed by atoms with Crippen LogP contribution in [-0.2, 0) is 10.0 Å². The second kappa shape index (κ2) is 11.0. The number of hydrogen-bond donors (Lipinski definition) is 5. The quantitative estimate of drug-likeness (QED) is 0.293. The van der Waals surface area contributed by atoms with Crippen molar-refractivity contribution < 1.29 is 18.3 Å². The lowest BCUT2D eigenvalue weighted by Crippen LogP contribution is -2.40. The summed E-state index contributed by atoms with van der Waals surface area (Å²) in [6.07, 6.45) is 0. The van der Waals surface area contributed by atoms with Gasteiger partial charge in [0.1, 0.15) is 5.82 Å². The van der Waals surface area contributed by atoms with Crippen molar-refractivity contribution >= 4 is 39.1 Å². The monoisotopic (exact) mass is 512 g/mol. The van der Waals surface area contributed by atoms with Gasteiger partial charge in [-0.3, -0.25) is 4.79 Å². The third-order valence-electron chi connectivity index (χ3n) is 5.04. The predicted octanol–water partition coefficient (Wildman–Crippen LogP) is 3.38. The third-order valence-corrected chi connectivity index (χ3v) is 6.79. The Labute approximate surface area is 211 Å². The second-order valence-corrected chi connectivity index (χ2v) is 11.0. The van der Waals surface area contributed by atoms with Crippen LogP contribution in [0.15, 0.2) is 53.4 Å². The van der Waals surface area contributed by atoms with E-state index < -0.39 is 15.6 Å². The van der Waals surface area contributed by atoms with Gasteiger partial charge in [-0.1, -0.05) is 6.07 Å². The Bertz CT molecular complexity index is 1340. The number of aryl methyl sites for hydroxylation is 1. The zero-order valence-electron chi connectivity index (χ0n) is 21.0. The minimum atomic E-state index is -3.69. The van der Waals surface area contributed by atoms with E-state index in [4.69, 9.17) is 5.11 Å². The van der Waals surface area contributed by atoms with Crippen LogP contribution in [0, 0.1) is 13.8 Å². The Morgan fingerprint density at radius 2 is 1.67 bits per heavy atom. The fourth-order valence-electron chi connectivity index (χ4n) is 3.25. The second-order valence-electron chi connectivity index (χ2n) is 9.30. The molecule has 0 aliphatic heterocycles. The molecule has 192 valence electrons. The molecule has 1 heterocycles. The number of rotatable bonds is 9. The van der Waals surface area contributed by atoms with Gasteiger partial charge >= 0.3 is 0 Å². The molecule has 0 fully saturated rings. The maximum absolute atomic E-state index is 12.7. The molecule has 0 atom stereocenters. The number of sulfonamides is 1. The van der Waals surface area contributed by atoms with Crippen molar-refractivity contribution in [3.8, 4) is 0 Å². The summed E-state index contributed by atoms with van der Waals surface area (Å²) in [6.45, 7) is 9.15. The van der Waals surface area contributed by atoms with E-state index in [1.807, 2.05) is 13.8 Å². The number of nitrogens with zero attached hydrogens (tertiary/aromatic N) is 2. The summed E-state index contributed by atoms with van der Waals surface area (Å²) < 4.78 is 28.1. The van der Waals surface area contributed by atoms with E-state index in [1.165, 1.54) is 6.07 Å². The van der Waals surface area contributed by atoms with E-state index in [0.717, 1.165) is 11.3 Å². The van der Waals surface area contributed by atoms with Crippen LogP contribution in [0.5, 0.6) is 0 Å². The van der Waals surface area contributed by atoms with Gasteiger partial charge in [-0.15, -0.1) is 0 Å². The maximum atomic E-state index is 12.7. The Morgan fingerprint density at radius 1 is 0.972 bits per heavy atom. The van der Waals surface area contributed by atoms with E-state index in [-0.39, 0.29) is 24.0 Å². The SMILES string of the molecule is Cc1nc(Nc2ccc(C(=O)NCCO)cc2)nc(Nc2cccc(S(=O)(=O)NC(C)(C)C)c2)c1C. The van der Waals surface area contributed by atoms with Crippen LogP contribution in [0.4, 0.5) is 23.1 Å². The summed E-state index contributed by atoms with van der Waals surface area (Å²) in [5.41, 5.74) is 2.67. The van der Waals surface area contributed by atoms with Gasteiger partial charge in [0.05, 0.1) is 11.5 Å². The fraction of sp³-hybridized carbons (Fsp3) is 0.320. The molecule has 1 aromatic heterocycles. The van der Waals surface area contributed by atoms with Crippen LogP contribution in [0.1, 0.15) is 42.4 Å². The molecule has 0 aliphatic carbocycles. The summed E-state index contributed by atoms with van der Waals surface area (Å²) in [4.78, 5) is 21.2. The van der Waals surface area contributed by atoms with Gasteiger partial charge in [0, 0.05) is 40.3 Å². The summed E-state index contributed by atoms with van der Waals surface area (Å²) >= 11 is 0. The van der Waals surface area contributed by atoms with Crippen molar-refractivity contribution in [3.05, 3.63) is 65.4 Å². The van der Waals surface area contributed by atoms with Gasteiger partial charge in [-0.05, 0) is 77.1 Å². The van der Waals surface area contributed by atoms with Crippen molar-refractivity contribution in [1.82, 2.24) is 20.0 Å². The molecule has 10 nitrogen and oxygen atoms in total. The van der Waals surface area contributed by atoms with Gasteiger partial charge in [0.25, 0.3) is 5.91 Å². The number of carbonyl (C=O) groups is 1. The third kappa shape index (κ3) is 7.23. The van der Waals surface area contributed by atoms with E-state index in [9.17, 15) is 13.2 Å². The molecule has 36 heavy (non-hydrogen) atoms. The predicted molar refractivity (Wildman–Crippen MR) is 140 cm³/mol. The molecule has 0 bridgehead atoms. The number of aromatic nitrogens is 2. The molecule has 0 unspecified atom stereocenters. The summed E-state index contributed by atoms with van der Waals surface area (Å²) in [7, 11) is -3.69. The summed E-state index contributed by atoms with van der Waals surface area (Å²) in [5, 5.41) is 17.8. The highest BCUT2D eigenvalue weighted by molar-refractivity contribution is 7.89. The molecule has 2 aromatic carbocycles. The van der Waals surface area contributed by atoms with E-state index in [2.05, 4.69) is 30.6 Å². The minimum absolute atomic E-state index is 0.125. The molecular formula is C25H32N6O4S. The molecule has 3 rings (SSSR count). The van der Waals surface area contributed by atoms with Crippen molar-refractivity contribution in [1.29, 1.82) is 0 Å². The van der Waals surface area contributed by atoms with Crippen molar-refractivity contribution in [3.63, 3.8) is 0 Å². The Morgan fingerprint density at radius 3 is 2.31 bits per heavy atom. The fourth-order valence-corrected chi connectivity index (χ4v) is 4.72. The van der Waals surface area contributed by atoms with Crippen molar-refractivity contribution in [2.24, 2.45) is 0 Å². The highest BCUT2D eigenvalue weighted by Gasteiger charge is 2.22. The molecule has 1 amide bonds. The average Bonchev–Trinajstić information content (AvgIpc) is 2.80. The molecular weight excluding hydrogens is 480 g/mol. The lowest BCUT2D eigenvalue weighted by molar-refractivity contribution is 0.0945. The first-order chi connectivity index (χ1) is 16.9. The highest BCUT2D eigenvalue weighted by atomic mass is 32.2. The minimum Gasteiger partial charge on any atom is -0.395 e. The number of aliphatic hydroxyl groups is 1. The summed E-state index contributed by atoms with van der Waals surface area (Å²) in [6, 6.07) is 13.3. The van der Waals surface area contributed by atoms with E-state index in [1.54, 1.807) is 63.2 Å². The van der Waals surface area contributed by atoms with Gasteiger partial charge in [-0.25, -0.2) is 18.1 Å². The topological polar surface area (TPSA) is 145 Å². The molecule has 3 aromatic rings. The molecule has 0 saturated heterocycles. The molecule has 0 spiro atoms. The average molecular weight is 513 g/mol. The Balaban J connectivity index is 1.81. The highest BCUT2D eigenvalue weighted by Crippen LogP contribution is 2.25. The van der Waals surface area contributed by atoms with E-state index in [0.29, 0.717) is 28.7 Å². The standard InChI is InChI=1S/C25H32N6O4S/c1-16-17(2)27-24(29-19-11-9-18(10-12-19)23(33)26-13-14-32)30-22(16)28-20-7-6-8-21(15-20)36(34,35)31-25(3,4)5/h6-12,15,31-32H,13-14H2,1-5H3,(H,26,33)(H2,27,28,29,30). The number of anilines is 4. The zero-order chi connectivity index (χ0) is 26.5. The van der Waals surface area contributed by atoms with Crippen LogP contribution < -0.4 is 20.7 Å². The Kier molecular flexibility index (Phi) is 8.28. The molecule has 5 N–H and O–H groups in total. The number of nitrogens with one attached hydrogen (secondary N) is 4. The largest absolute Gasteiger partial charge is 0.395 e. The number of amides is 1. The smallest absolute Gasteiger partial charge is 0.251 e. The molecule has 0 aliphatic rings. The lowest BCUT2D eigenvalue weighted by atomic mass is 10.1. The number of aliphatic hydroxyl groups excluding tert-OH is 1. The number of hydrogen-bond acceptors (Lipinski definition) is 8. The first kappa shape index (κ1) is 27.1. The first-order valence-corrected chi connectivity index (χ1v) is 12.9. The van der Waals surface area contributed by atoms with Gasteiger partial charge < -0.3 is 21.1 Å². The molecule has 11 heteroatoms. The van der Waals surface area contributed by atoms with Crippen LogP contribution in [-0.4, -0.2) is 48.1 Å². The van der Waals surface area contributed by atoms with Crippen LogP contribution in [0.2, 0.25) is 0 Å². The van der Waals surface area contributed by atoms with Gasteiger partial charge in [0.2, 0.25) is 16.0 Å². The molecule has 0 radical (unpaired) electrons. The van der Waals surface area contributed by atoms with Crippen LogP contribution in [0.25, 0.3) is 0 Å². The van der Waals surface area contributed by atoms with Crippen molar-refractivity contribution in [2.45, 2.75) is 45.1 Å². The van der Waals surface area contributed by atoms with Crippen LogP contribution in [0.3, 0.4) is 0 Å². The van der Waals surface area contributed by atoms with Crippen LogP contribution >= 0.6 is 0 Å². The van der Waals surface area contributed by atoms with Crippen molar-refractivity contribution in [2.75, 3.05) is 23.8 Å². The normalized spacial score (nSPS) is 11.7. The van der Waals surface area contributed by atoms with Gasteiger partial charge in [0.15, 0.2) is 0 Å². The number of carbonyl (C=O) groups excluding carboxylic acids is 1. The first-order valence-electron chi connectivity index (χ1n) is 11.4. The summed E-state index contributed by atoms with van der Waals surface area (Å²) in [5.74, 6) is 0.603. The van der Waals surface area contributed by atoms with Gasteiger partial charge in [-0.2, -0.15) is 4.98 Å². The maximum Gasteiger partial charge on any atom is 0.251 e. The zero-order valence-corrected chi connectivity index (χ0v) is 21.8. The number of benzene rings is 2. The Hall–Kier alpha value is -3.54.